The van der Waals surface area contributed by atoms with Gasteiger partial charge in [0, 0.05) is 23.5 Å². The fraction of sp³-hybridized carbons (Fsp3) is 0.222. The van der Waals surface area contributed by atoms with E-state index in [-0.39, 0.29) is 5.69 Å². The minimum atomic E-state index is -1.46. The van der Waals surface area contributed by atoms with Crippen molar-refractivity contribution in [3.63, 3.8) is 0 Å². The Bertz CT molecular complexity index is 1040. The van der Waals surface area contributed by atoms with E-state index in [1.165, 1.54) is 11.6 Å². The Hall–Kier alpha value is -3.44. The van der Waals surface area contributed by atoms with Crippen LogP contribution in [0.3, 0.4) is 0 Å². The standard InChI is InChI=1S/C18H17N5O3/c1-11-8-14(17(19)24)21-23(11)16-10-13(5-7-20-16)4-6-18(3,25)15-9-12(2)26-22-15/h5,7-10,25H,1-3H3,(H2,19,24)/t18-/m1/s1. The highest BCUT2D eigenvalue weighted by Gasteiger charge is 2.24. The summed E-state index contributed by atoms with van der Waals surface area (Å²) in [6.45, 7) is 5.06. The molecular formula is C18H17N5O3. The number of amides is 1. The Balaban J connectivity index is 1.93. The van der Waals surface area contributed by atoms with Crippen LogP contribution in [0.4, 0.5) is 0 Å². The number of carbonyl (C=O) groups excluding carboxylic acids is 1. The molecule has 3 N–H and O–H groups in total. The summed E-state index contributed by atoms with van der Waals surface area (Å²) in [5.74, 6) is 6.14. The van der Waals surface area contributed by atoms with E-state index in [4.69, 9.17) is 10.3 Å². The molecule has 0 aromatic carbocycles. The Morgan fingerprint density at radius 3 is 2.73 bits per heavy atom. The smallest absolute Gasteiger partial charge is 0.269 e. The monoisotopic (exact) mass is 351 g/mol. The van der Waals surface area contributed by atoms with Crippen LogP contribution in [0.2, 0.25) is 0 Å². The van der Waals surface area contributed by atoms with Crippen LogP contribution >= 0.6 is 0 Å². The van der Waals surface area contributed by atoms with E-state index in [1.807, 2.05) is 0 Å². The number of aliphatic hydroxyl groups is 1. The maximum absolute atomic E-state index is 11.3. The molecule has 132 valence electrons. The van der Waals surface area contributed by atoms with Gasteiger partial charge in [-0.25, -0.2) is 9.67 Å². The third kappa shape index (κ3) is 3.48. The first-order valence-corrected chi connectivity index (χ1v) is 7.78. The topological polar surface area (TPSA) is 120 Å². The van der Waals surface area contributed by atoms with Crippen LogP contribution in [-0.4, -0.2) is 30.9 Å². The fourth-order valence-corrected chi connectivity index (χ4v) is 2.29. The van der Waals surface area contributed by atoms with Gasteiger partial charge in [0.15, 0.2) is 17.1 Å². The summed E-state index contributed by atoms with van der Waals surface area (Å²) in [6, 6.07) is 6.61. The Kier molecular flexibility index (Phi) is 4.32. The molecule has 0 bridgehead atoms. The molecule has 3 heterocycles. The number of aromatic nitrogens is 4. The molecule has 8 heteroatoms. The number of nitrogens with zero attached hydrogens (tertiary/aromatic N) is 4. The van der Waals surface area contributed by atoms with Gasteiger partial charge in [-0.2, -0.15) is 5.10 Å². The van der Waals surface area contributed by atoms with Crippen molar-refractivity contribution in [1.29, 1.82) is 0 Å². The lowest BCUT2D eigenvalue weighted by Gasteiger charge is -2.11. The van der Waals surface area contributed by atoms with Gasteiger partial charge in [0.25, 0.3) is 5.91 Å². The number of hydrogen-bond acceptors (Lipinski definition) is 6. The second kappa shape index (κ2) is 6.46. The molecule has 0 saturated carbocycles. The van der Waals surface area contributed by atoms with Crippen LogP contribution in [-0.2, 0) is 5.60 Å². The summed E-state index contributed by atoms with van der Waals surface area (Å²) in [5.41, 5.74) is 5.62. The second-order valence-corrected chi connectivity index (χ2v) is 5.99. The minimum absolute atomic E-state index is 0.158. The first kappa shape index (κ1) is 17.4. The summed E-state index contributed by atoms with van der Waals surface area (Å²) >= 11 is 0. The maximum atomic E-state index is 11.3. The van der Waals surface area contributed by atoms with E-state index in [1.54, 1.807) is 44.3 Å². The maximum Gasteiger partial charge on any atom is 0.269 e. The molecule has 3 rings (SSSR count). The van der Waals surface area contributed by atoms with Crippen LogP contribution in [0.15, 0.2) is 35.0 Å². The Labute approximate surface area is 149 Å². The number of pyridine rings is 1. The van der Waals surface area contributed by atoms with Crippen molar-refractivity contribution in [2.24, 2.45) is 5.73 Å². The molecule has 0 saturated heterocycles. The molecule has 0 radical (unpaired) electrons. The lowest BCUT2D eigenvalue weighted by Crippen LogP contribution is -2.18. The fourth-order valence-electron chi connectivity index (χ4n) is 2.29. The highest BCUT2D eigenvalue weighted by Crippen LogP contribution is 2.19. The van der Waals surface area contributed by atoms with E-state index in [9.17, 15) is 9.90 Å². The Morgan fingerprint density at radius 1 is 1.35 bits per heavy atom. The summed E-state index contributed by atoms with van der Waals surface area (Å²) in [7, 11) is 0. The average molecular weight is 351 g/mol. The van der Waals surface area contributed by atoms with E-state index in [2.05, 4.69) is 27.1 Å². The number of carbonyl (C=O) groups is 1. The van der Waals surface area contributed by atoms with Crippen molar-refractivity contribution in [2.75, 3.05) is 0 Å². The molecule has 0 aliphatic heterocycles. The zero-order valence-electron chi connectivity index (χ0n) is 14.5. The molecular weight excluding hydrogens is 334 g/mol. The summed E-state index contributed by atoms with van der Waals surface area (Å²) in [5, 5.41) is 18.4. The van der Waals surface area contributed by atoms with Crippen molar-refractivity contribution in [3.8, 4) is 17.7 Å². The zero-order valence-corrected chi connectivity index (χ0v) is 14.5. The lowest BCUT2D eigenvalue weighted by atomic mass is 10.0. The van der Waals surface area contributed by atoms with Gasteiger partial charge in [0.1, 0.15) is 11.5 Å². The number of rotatable bonds is 3. The first-order valence-electron chi connectivity index (χ1n) is 7.78. The van der Waals surface area contributed by atoms with Gasteiger partial charge < -0.3 is 15.4 Å². The first-order chi connectivity index (χ1) is 12.3. The SMILES string of the molecule is Cc1cc([C@](C)(O)C#Cc2ccnc(-n3nc(C(N)=O)cc3C)c2)no1. The van der Waals surface area contributed by atoms with Gasteiger partial charge in [-0.05, 0) is 39.0 Å². The van der Waals surface area contributed by atoms with Crippen LogP contribution in [0.1, 0.15) is 40.1 Å². The van der Waals surface area contributed by atoms with Crippen molar-refractivity contribution < 1.29 is 14.4 Å². The quantitative estimate of drug-likeness (QED) is 0.685. The van der Waals surface area contributed by atoms with Gasteiger partial charge in [-0.3, -0.25) is 4.79 Å². The summed E-state index contributed by atoms with van der Waals surface area (Å²) in [6.07, 6.45) is 1.57. The molecule has 8 nitrogen and oxygen atoms in total. The molecule has 26 heavy (non-hydrogen) atoms. The summed E-state index contributed by atoms with van der Waals surface area (Å²) in [4.78, 5) is 15.5. The van der Waals surface area contributed by atoms with Crippen LogP contribution in [0.5, 0.6) is 0 Å². The summed E-state index contributed by atoms with van der Waals surface area (Å²) < 4.78 is 6.48. The number of aryl methyl sites for hydroxylation is 2. The molecule has 0 aliphatic rings. The van der Waals surface area contributed by atoms with E-state index >= 15 is 0 Å². The van der Waals surface area contributed by atoms with E-state index in [0.717, 1.165) is 0 Å². The molecule has 0 fully saturated rings. The van der Waals surface area contributed by atoms with Crippen molar-refractivity contribution >= 4 is 5.91 Å². The van der Waals surface area contributed by atoms with Crippen LogP contribution in [0, 0.1) is 25.7 Å². The molecule has 0 unspecified atom stereocenters. The van der Waals surface area contributed by atoms with E-state index in [0.29, 0.717) is 28.5 Å². The predicted molar refractivity (Wildman–Crippen MR) is 92.3 cm³/mol. The van der Waals surface area contributed by atoms with Crippen LogP contribution in [0.25, 0.3) is 5.82 Å². The van der Waals surface area contributed by atoms with Gasteiger partial charge in [-0.15, -0.1) is 0 Å². The molecule has 1 atom stereocenters. The highest BCUT2D eigenvalue weighted by atomic mass is 16.5. The molecule has 1 amide bonds. The van der Waals surface area contributed by atoms with Crippen LogP contribution < -0.4 is 5.73 Å². The third-order valence-corrected chi connectivity index (χ3v) is 3.68. The molecule has 0 spiro atoms. The van der Waals surface area contributed by atoms with Crippen molar-refractivity contribution in [1.82, 2.24) is 19.9 Å². The van der Waals surface area contributed by atoms with Crippen molar-refractivity contribution in [2.45, 2.75) is 26.4 Å². The Morgan fingerprint density at radius 2 is 2.12 bits per heavy atom. The number of nitrogens with two attached hydrogens (primary N) is 1. The second-order valence-electron chi connectivity index (χ2n) is 5.99. The third-order valence-electron chi connectivity index (χ3n) is 3.68. The molecule has 3 aromatic rings. The predicted octanol–water partition coefficient (Wildman–Crippen LogP) is 1.23. The van der Waals surface area contributed by atoms with E-state index < -0.39 is 11.5 Å². The average Bonchev–Trinajstić information content (AvgIpc) is 3.20. The van der Waals surface area contributed by atoms with Gasteiger partial charge in [0.2, 0.25) is 0 Å². The normalized spacial score (nSPS) is 12.9. The number of hydrogen-bond donors (Lipinski definition) is 2. The minimum Gasteiger partial charge on any atom is -0.372 e. The van der Waals surface area contributed by atoms with Gasteiger partial charge in [-0.1, -0.05) is 17.0 Å². The largest absolute Gasteiger partial charge is 0.372 e. The molecule has 0 aliphatic carbocycles. The zero-order chi connectivity index (χ0) is 18.9. The van der Waals surface area contributed by atoms with Crippen molar-refractivity contribution in [3.05, 3.63) is 58.9 Å². The molecule has 3 aromatic heterocycles. The van der Waals surface area contributed by atoms with Gasteiger partial charge >= 0.3 is 0 Å². The lowest BCUT2D eigenvalue weighted by molar-refractivity contribution is 0.0995. The number of primary amides is 1. The van der Waals surface area contributed by atoms with Gasteiger partial charge in [0.05, 0.1) is 0 Å². The highest BCUT2D eigenvalue weighted by molar-refractivity contribution is 5.90.